The van der Waals surface area contributed by atoms with E-state index in [9.17, 15) is 4.79 Å². The Hall–Kier alpha value is -3.28. The van der Waals surface area contributed by atoms with Crippen molar-refractivity contribution in [1.29, 1.82) is 0 Å². The van der Waals surface area contributed by atoms with Gasteiger partial charge in [0.15, 0.2) is 0 Å². The fraction of sp³-hybridized carbons (Fsp3) is 0.333. The average Bonchev–Trinajstić information content (AvgIpc) is 3.11. The molecule has 1 N–H and O–H groups in total. The number of aromatic nitrogens is 2. The van der Waals surface area contributed by atoms with Crippen molar-refractivity contribution >= 4 is 16.9 Å². The molecular formula is C24H29N3O3. The molecule has 0 unspecified atom stereocenters. The predicted molar refractivity (Wildman–Crippen MR) is 119 cm³/mol. The normalized spacial score (nSPS) is 10.7. The minimum atomic E-state index is -0.117. The van der Waals surface area contributed by atoms with Crippen LogP contribution in [0.1, 0.15) is 25.6 Å². The van der Waals surface area contributed by atoms with Crippen LogP contribution in [-0.2, 0) is 17.8 Å². The molecule has 0 spiro atoms. The SMILES string of the molecule is C=C(C)C(=O)NCCc1nc2ccccc2n1CCCCOc1ccc(OC)cc1. The fourth-order valence-corrected chi connectivity index (χ4v) is 3.24. The number of hydrogen-bond donors (Lipinski definition) is 1. The molecule has 6 heteroatoms. The zero-order valence-electron chi connectivity index (χ0n) is 17.7. The molecule has 0 radical (unpaired) electrons. The second kappa shape index (κ2) is 10.5. The third-order valence-electron chi connectivity index (χ3n) is 4.86. The van der Waals surface area contributed by atoms with Gasteiger partial charge in [0, 0.05) is 25.1 Å². The number of amides is 1. The monoisotopic (exact) mass is 407 g/mol. The van der Waals surface area contributed by atoms with Crippen molar-refractivity contribution in [2.24, 2.45) is 0 Å². The molecule has 158 valence electrons. The van der Waals surface area contributed by atoms with E-state index in [1.54, 1.807) is 14.0 Å². The van der Waals surface area contributed by atoms with Crippen LogP contribution in [0.4, 0.5) is 0 Å². The smallest absolute Gasteiger partial charge is 0.246 e. The number of methoxy groups -OCH3 is 1. The molecular weight excluding hydrogens is 378 g/mol. The van der Waals surface area contributed by atoms with Gasteiger partial charge in [0.05, 0.1) is 24.8 Å². The van der Waals surface area contributed by atoms with E-state index < -0.39 is 0 Å². The van der Waals surface area contributed by atoms with Crippen LogP contribution in [0.25, 0.3) is 11.0 Å². The lowest BCUT2D eigenvalue weighted by molar-refractivity contribution is -0.117. The number of imidazole rings is 1. The molecule has 1 amide bonds. The minimum Gasteiger partial charge on any atom is -0.497 e. The number of nitrogens with one attached hydrogen (secondary N) is 1. The average molecular weight is 408 g/mol. The summed E-state index contributed by atoms with van der Waals surface area (Å²) in [5.74, 6) is 2.53. The van der Waals surface area contributed by atoms with Gasteiger partial charge in [0.2, 0.25) is 5.91 Å². The molecule has 0 aliphatic carbocycles. The highest BCUT2D eigenvalue weighted by Gasteiger charge is 2.11. The van der Waals surface area contributed by atoms with Crippen molar-refractivity contribution in [1.82, 2.24) is 14.9 Å². The molecule has 1 aromatic heterocycles. The summed E-state index contributed by atoms with van der Waals surface area (Å²) in [4.78, 5) is 16.5. The van der Waals surface area contributed by atoms with E-state index in [2.05, 4.69) is 22.5 Å². The van der Waals surface area contributed by atoms with Crippen molar-refractivity contribution < 1.29 is 14.3 Å². The Labute approximate surface area is 177 Å². The van der Waals surface area contributed by atoms with Crippen LogP contribution in [-0.4, -0.2) is 35.7 Å². The van der Waals surface area contributed by atoms with Gasteiger partial charge in [0.25, 0.3) is 0 Å². The van der Waals surface area contributed by atoms with E-state index in [0.717, 1.165) is 47.7 Å². The van der Waals surface area contributed by atoms with Crippen LogP contribution in [0.2, 0.25) is 0 Å². The molecule has 1 heterocycles. The lowest BCUT2D eigenvalue weighted by atomic mass is 10.2. The molecule has 0 aliphatic heterocycles. The highest BCUT2D eigenvalue weighted by Crippen LogP contribution is 2.19. The zero-order valence-corrected chi connectivity index (χ0v) is 17.7. The van der Waals surface area contributed by atoms with E-state index in [-0.39, 0.29) is 5.91 Å². The van der Waals surface area contributed by atoms with E-state index in [1.165, 1.54) is 0 Å². The first-order valence-electron chi connectivity index (χ1n) is 10.2. The molecule has 0 fully saturated rings. The molecule has 3 rings (SSSR count). The van der Waals surface area contributed by atoms with Gasteiger partial charge in [-0.05, 0) is 56.2 Å². The first kappa shape index (κ1) is 21.4. The van der Waals surface area contributed by atoms with Gasteiger partial charge in [-0.3, -0.25) is 4.79 Å². The Kier molecular flexibility index (Phi) is 7.49. The summed E-state index contributed by atoms with van der Waals surface area (Å²) in [5.41, 5.74) is 2.61. The van der Waals surface area contributed by atoms with Crippen molar-refractivity contribution in [2.75, 3.05) is 20.3 Å². The number of nitrogens with zero attached hydrogens (tertiary/aromatic N) is 2. The molecule has 3 aromatic rings. The Morgan fingerprint density at radius 1 is 1.10 bits per heavy atom. The lowest BCUT2D eigenvalue weighted by Crippen LogP contribution is -2.26. The molecule has 0 atom stereocenters. The van der Waals surface area contributed by atoms with Crippen LogP contribution in [0.15, 0.2) is 60.7 Å². The van der Waals surface area contributed by atoms with Crippen molar-refractivity contribution in [2.45, 2.75) is 32.7 Å². The Balaban J connectivity index is 1.54. The topological polar surface area (TPSA) is 65.4 Å². The second-order valence-corrected chi connectivity index (χ2v) is 7.19. The van der Waals surface area contributed by atoms with Crippen LogP contribution in [0, 0.1) is 0 Å². The molecule has 6 nitrogen and oxygen atoms in total. The van der Waals surface area contributed by atoms with E-state index in [0.29, 0.717) is 25.1 Å². The van der Waals surface area contributed by atoms with Gasteiger partial charge in [-0.2, -0.15) is 0 Å². The third kappa shape index (κ3) is 5.63. The van der Waals surface area contributed by atoms with Crippen LogP contribution in [0.5, 0.6) is 11.5 Å². The summed E-state index contributed by atoms with van der Waals surface area (Å²) in [7, 11) is 1.65. The summed E-state index contributed by atoms with van der Waals surface area (Å²) in [6.45, 7) is 7.43. The van der Waals surface area contributed by atoms with E-state index in [1.807, 2.05) is 42.5 Å². The highest BCUT2D eigenvalue weighted by atomic mass is 16.5. The fourth-order valence-electron chi connectivity index (χ4n) is 3.24. The second-order valence-electron chi connectivity index (χ2n) is 7.19. The van der Waals surface area contributed by atoms with Gasteiger partial charge in [-0.1, -0.05) is 18.7 Å². The molecule has 0 saturated carbocycles. The summed E-state index contributed by atoms with van der Waals surface area (Å²) in [6.07, 6.45) is 2.59. The lowest BCUT2D eigenvalue weighted by Gasteiger charge is -2.11. The van der Waals surface area contributed by atoms with Crippen molar-refractivity contribution in [3.8, 4) is 11.5 Å². The molecule has 0 saturated heterocycles. The number of unbranched alkanes of at least 4 members (excludes halogenated alkanes) is 1. The number of para-hydroxylation sites is 2. The highest BCUT2D eigenvalue weighted by molar-refractivity contribution is 5.92. The molecule has 30 heavy (non-hydrogen) atoms. The number of benzene rings is 2. The number of hydrogen-bond acceptors (Lipinski definition) is 4. The Morgan fingerprint density at radius 3 is 2.57 bits per heavy atom. The van der Waals surface area contributed by atoms with E-state index >= 15 is 0 Å². The van der Waals surface area contributed by atoms with Gasteiger partial charge in [-0.25, -0.2) is 4.98 Å². The van der Waals surface area contributed by atoms with Gasteiger partial charge in [-0.15, -0.1) is 0 Å². The summed E-state index contributed by atoms with van der Waals surface area (Å²) in [5, 5.41) is 2.88. The number of carbonyl (C=O) groups excluding carboxylic acids is 1. The first-order chi connectivity index (χ1) is 14.6. The van der Waals surface area contributed by atoms with Crippen molar-refractivity contribution in [3.05, 3.63) is 66.5 Å². The number of fused-ring (bicyclic) bond motifs is 1. The van der Waals surface area contributed by atoms with Crippen LogP contribution in [0.3, 0.4) is 0 Å². The van der Waals surface area contributed by atoms with Crippen LogP contribution < -0.4 is 14.8 Å². The molecule has 0 bridgehead atoms. The first-order valence-corrected chi connectivity index (χ1v) is 10.2. The Bertz CT molecular complexity index is 993. The standard InChI is InChI=1S/C24H29N3O3/c1-18(2)24(28)25-15-14-23-26-21-8-4-5-9-22(21)27(23)16-6-7-17-30-20-12-10-19(29-3)11-13-20/h4-5,8-13H,1,6-7,14-17H2,2-3H3,(H,25,28). The van der Waals surface area contributed by atoms with Gasteiger partial charge in [0.1, 0.15) is 17.3 Å². The van der Waals surface area contributed by atoms with Crippen molar-refractivity contribution in [3.63, 3.8) is 0 Å². The van der Waals surface area contributed by atoms with Crippen LogP contribution >= 0.6 is 0 Å². The summed E-state index contributed by atoms with van der Waals surface area (Å²) < 4.78 is 13.2. The van der Waals surface area contributed by atoms with Gasteiger partial charge >= 0.3 is 0 Å². The maximum atomic E-state index is 11.7. The molecule has 0 aliphatic rings. The third-order valence-corrected chi connectivity index (χ3v) is 4.86. The number of carbonyl (C=O) groups is 1. The zero-order chi connectivity index (χ0) is 21.3. The maximum absolute atomic E-state index is 11.7. The molecule has 2 aromatic carbocycles. The predicted octanol–water partition coefficient (Wildman–Crippen LogP) is 4.14. The Morgan fingerprint density at radius 2 is 1.83 bits per heavy atom. The number of aryl methyl sites for hydroxylation is 1. The van der Waals surface area contributed by atoms with Gasteiger partial charge < -0.3 is 19.4 Å². The maximum Gasteiger partial charge on any atom is 0.246 e. The summed E-state index contributed by atoms with van der Waals surface area (Å²) >= 11 is 0. The summed E-state index contributed by atoms with van der Waals surface area (Å²) in [6, 6.07) is 15.8. The number of rotatable bonds is 11. The number of ether oxygens (including phenoxy) is 2. The largest absolute Gasteiger partial charge is 0.497 e. The quantitative estimate of drug-likeness (QED) is 0.383. The van der Waals surface area contributed by atoms with E-state index in [4.69, 9.17) is 14.5 Å². The minimum absolute atomic E-state index is 0.117.